The molecule has 0 spiro atoms. The van der Waals surface area contributed by atoms with Crippen molar-refractivity contribution in [1.82, 2.24) is 0 Å². The first kappa shape index (κ1) is 20.3. The van der Waals surface area contributed by atoms with Crippen LogP contribution in [0.1, 0.15) is 62.1 Å². The fourth-order valence-corrected chi connectivity index (χ4v) is 3.35. The van der Waals surface area contributed by atoms with Gasteiger partial charge in [-0.3, -0.25) is 0 Å². The first-order chi connectivity index (χ1) is 12.2. The summed E-state index contributed by atoms with van der Waals surface area (Å²) in [6, 6.07) is 17.2. The summed E-state index contributed by atoms with van der Waals surface area (Å²) in [6.45, 7) is 2.27. The minimum atomic E-state index is 0.893. The molecule has 2 heteroatoms. The van der Waals surface area contributed by atoms with Gasteiger partial charge in [-0.1, -0.05) is 93.7 Å². The maximum Gasteiger partial charge on any atom is 0.0449 e. The topological polar surface area (TPSA) is 0 Å². The Kier molecular flexibility index (Phi) is 9.41. The Labute approximate surface area is 171 Å². The van der Waals surface area contributed by atoms with Crippen LogP contribution in [0.2, 0.25) is 0 Å². The van der Waals surface area contributed by atoms with Crippen molar-refractivity contribution in [3.8, 4) is 0 Å². The summed E-state index contributed by atoms with van der Waals surface area (Å²) in [4.78, 5) is 0.893. The molecule has 0 aliphatic carbocycles. The number of aryl methyl sites for hydroxylation is 1. The molecule has 0 aliphatic heterocycles. The summed E-state index contributed by atoms with van der Waals surface area (Å²) in [5.41, 5.74) is 3.73. The highest BCUT2D eigenvalue weighted by molar-refractivity contribution is 14.1. The summed E-state index contributed by atoms with van der Waals surface area (Å²) in [5, 5.41) is 0. The third-order valence-corrected chi connectivity index (χ3v) is 5.45. The van der Waals surface area contributed by atoms with Gasteiger partial charge in [-0.05, 0) is 70.3 Å². The van der Waals surface area contributed by atoms with Crippen LogP contribution in [0.4, 0.5) is 0 Å². The van der Waals surface area contributed by atoms with E-state index in [0.717, 1.165) is 10.4 Å². The molecule has 0 unspecified atom stereocenters. The molecule has 0 amide bonds. The molecule has 2 rings (SSSR count). The van der Waals surface area contributed by atoms with Crippen molar-refractivity contribution in [1.29, 1.82) is 0 Å². The van der Waals surface area contributed by atoms with Gasteiger partial charge in [0.05, 0.1) is 0 Å². The third-order valence-electron chi connectivity index (χ3n) is 4.35. The van der Waals surface area contributed by atoms with Gasteiger partial charge < -0.3 is 0 Å². The molecule has 0 bridgehead atoms. The first-order valence-corrected chi connectivity index (χ1v) is 10.7. The number of rotatable bonds is 10. The summed E-state index contributed by atoms with van der Waals surface area (Å²) in [6.07, 6.45) is 13.4. The predicted octanol–water partition coefficient (Wildman–Crippen LogP) is 7.63. The highest BCUT2D eigenvalue weighted by atomic mass is 127. The number of halogens is 1. The van der Waals surface area contributed by atoms with Crippen LogP contribution in [0.3, 0.4) is 0 Å². The van der Waals surface area contributed by atoms with E-state index in [2.05, 4.69) is 84.1 Å². The Balaban J connectivity index is 1.80. The SMILES string of the molecule is CCCCCCCCc1ccc(C(=S)C=Cc2ccc(I)cc2)cc1. The molecule has 0 atom stereocenters. The Morgan fingerprint density at radius 1 is 0.880 bits per heavy atom. The third kappa shape index (κ3) is 7.83. The minimum Gasteiger partial charge on any atom is -0.0795 e. The van der Waals surface area contributed by atoms with Gasteiger partial charge >= 0.3 is 0 Å². The maximum absolute atomic E-state index is 5.55. The number of unbranched alkanes of at least 4 members (excludes halogenated alkanes) is 5. The lowest BCUT2D eigenvalue weighted by atomic mass is 10.0. The zero-order valence-electron chi connectivity index (χ0n) is 15.0. The average Bonchev–Trinajstić information content (AvgIpc) is 2.64. The lowest BCUT2D eigenvalue weighted by Crippen LogP contribution is -1.94. The van der Waals surface area contributed by atoms with E-state index in [4.69, 9.17) is 12.2 Å². The van der Waals surface area contributed by atoms with Gasteiger partial charge in [0.1, 0.15) is 0 Å². The van der Waals surface area contributed by atoms with Gasteiger partial charge in [0, 0.05) is 8.43 Å². The molecule has 25 heavy (non-hydrogen) atoms. The van der Waals surface area contributed by atoms with E-state index < -0.39 is 0 Å². The maximum atomic E-state index is 5.55. The van der Waals surface area contributed by atoms with Crippen molar-refractivity contribution in [3.05, 3.63) is 74.9 Å². The van der Waals surface area contributed by atoms with Gasteiger partial charge in [-0.2, -0.15) is 0 Å². The van der Waals surface area contributed by atoms with E-state index in [1.54, 1.807) is 0 Å². The molecule has 0 radical (unpaired) electrons. The van der Waals surface area contributed by atoms with Crippen LogP contribution in [0.25, 0.3) is 6.08 Å². The second-order valence-corrected chi connectivity index (χ2v) is 8.15. The Morgan fingerprint density at radius 2 is 1.52 bits per heavy atom. The van der Waals surface area contributed by atoms with Gasteiger partial charge in [0.2, 0.25) is 0 Å². The monoisotopic (exact) mass is 462 g/mol. The first-order valence-electron chi connectivity index (χ1n) is 9.26. The largest absolute Gasteiger partial charge is 0.0795 e. The lowest BCUT2D eigenvalue weighted by Gasteiger charge is -2.04. The van der Waals surface area contributed by atoms with Crippen LogP contribution in [-0.2, 0) is 6.42 Å². The van der Waals surface area contributed by atoms with Crippen molar-refractivity contribution in [2.75, 3.05) is 0 Å². The van der Waals surface area contributed by atoms with Crippen LogP contribution in [0.5, 0.6) is 0 Å². The van der Waals surface area contributed by atoms with E-state index in [-0.39, 0.29) is 0 Å². The number of benzene rings is 2. The van der Waals surface area contributed by atoms with E-state index in [1.807, 2.05) is 6.08 Å². The molecule has 2 aromatic carbocycles. The molecule has 0 aromatic heterocycles. The average molecular weight is 462 g/mol. The van der Waals surface area contributed by atoms with Crippen LogP contribution < -0.4 is 0 Å². The normalized spacial score (nSPS) is 11.1. The van der Waals surface area contributed by atoms with E-state index in [9.17, 15) is 0 Å². The zero-order chi connectivity index (χ0) is 17.9. The Morgan fingerprint density at radius 3 is 2.20 bits per heavy atom. The van der Waals surface area contributed by atoms with Crippen molar-refractivity contribution in [2.45, 2.75) is 51.9 Å². The van der Waals surface area contributed by atoms with Crippen molar-refractivity contribution >= 4 is 45.7 Å². The fraction of sp³-hybridized carbons (Fsp3) is 0.348. The van der Waals surface area contributed by atoms with Crippen molar-refractivity contribution < 1.29 is 0 Å². The van der Waals surface area contributed by atoms with E-state index in [0.29, 0.717) is 0 Å². The summed E-state index contributed by atoms with van der Waals surface area (Å²) in [5.74, 6) is 0. The summed E-state index contributed by atoms with van der Waals surface area (Å²) >= 11 is 7.87. The number of allylic oxidation sites excluding steroid dienone is 1. The van der Waals surface area contributed by atoms with Crippen LogP contribution in [0.15, 0.2) is 54.6 Å². The van der Waals surface area contributed by atoms with Gasteiger partial charge in [-0.15, -0.1) is 0 Å². The smallest absolute Gasteiger partial charge is 0.0449 e. The molecular weight excluding hydrogens is 435 g/mol. The molecule has 2 aromatic rings. The standard InChI is InChI=1S/C23H27IS/c1-2-3-4-5-6-7-8-19-9-14-21(15-10-19)23(25)18-13-20-11-16-22(24)17-12-20/h9-18H,2-8H2,1H3. The fourth-order valence-electron chi connectivity index (χ4n) is 2.79. The Bertz CT molecular complexity index is 668. The lowest BCUT2D eigenvalue weighted by molar-refractivity contribution is 0.607. The number of hydrogen-bond acceptors (Lipinski definition) is 1. The second-order valence-electron chi connectivity index (χ2n) is 6.46. The number of hydrogen-bond donors (Lipinski definition) is 0. The minimum absolute atomic E-state index is 0.893. The molecule has 0 N–H and O–H groups in total. The predicted molar refractivity (Wildman–Crippen MR) is 123 cm³/mol. The van der Waals surface area contributed by atoms with Gasteiger partial charge in [0.15, 0.2) is 0 Å². The second kappa shape index (κ2) is 11.6. The van der Waals surface area contributed by atoms with Gasteiger partial charge in [0.25, 0.3) is 0 Å². The van der Waals surface area contributed by atoms with Crippen LogP contribution in [-0.4, -0.2) is 4.86 Å². The molecule has 0 aliphatic rings. The molecule has 132 valence electrons. The Hall–Kier alpha value is -1.00. The van der Waals surface area contributed by atoms with Crippen molar-refractivity contribution in [2.24, 2.45) is 0 Å². The molecule has 0 saturated carbocycles. The molecule has 0 nitrogen and oxygen atoms in total. The molecule has 0 saturated heterocycles. The van der Waals surface area contributed by atoms with Crippen molar-refractivity contribution in [3.63, 3.8) is 0 Å². The van der Waals surface area contributed by atoms with E-state index in [1.165, 1.54) is 59.6 Å². The quantitative estimate of drug-likeness (QED) is 0.115. The summed E-state index contributed by atoms with van der Waals surface area (Å²) in [7, 11) is 0. The zero-order valence-corrected chi connectivity index (χ0v) is 18.0. The summed E-state index contributed by atoms with van der Waals surface area (Å²) < 4.78 is 1.25. The van der Waals surface area contributed by atoms with Crippen LogP contribution in [0, 0.1) is 3.57 Å². The van der Waals surface area contributed by atoms with Crippen LogP contribution >= 0.6 is 34.8 Å². The highest BCUT2D eigenvalue weighted by Crippen LogP contribution is 2.13. The highest BCUT2D eigenvalue weighted by Gasteiger charge is 1.99. The number of thiocarbonyl (C=S) groups is 1. The molecular formula is C23H27IS. The van der Waals surface area contributed by atoms with Gasteiger partial charge in [-0.25, -0.2) is 0 Å². The molecule has 0 heterocycles. The van der Waals surface area contributed by atoms with E-state index >= 15 is 0 Å². The molecule has 0 fully saturated rings.